The first-order chi connectivity index (χ1) is 9.50. The number of nitro groups is 1. The highest BCUT2D eigenvalue weighted by molar-refractivity contribution is 6.07. The number of aryl methyl sites for hydroxylation is 1. The fourth-order valence-electron chi connectivity index (χ4n) is 1.85. The van der Waals surface area contributed by atoms with Crippen LogP contribution in [0.5, 0.6) is 5.75 Å². The van der Waals surface area contributed by atoms with Crippen LogP contribution in [0.2, 0.25) is 0 Å². The van der Waals surface area contributed by atoms with E-state index in [1.807, 2.05) is 0 Å². The van der Waals surface area contributed by atoms with Gasteiger partial charge < -0.3 is 10.4 Å². The van der Waals surface area contributed by atoms with Crippen molar-refractivity contribution < 1.29 is 14.8 Å². The van der Waals surface area contributed by atoms with Crippen molar-refractivity contribution in [3.05, 3.63) is 63.7 Å². The molecule has 0 saturated carbocycles. The van der Waals surface area contributed by atoms with Gasteiger partial charge in [-0.05, 0) is 25.1 Å². The lowest BCUT2D eigenvalue weighted by atomic mass is 10.1. The fraction of sp³-hybridized carbons (Fsp3) is 0.0714. The molecule has 20 heavy (non-hydrogen) atoms. The largest absolute Gasteiger partial charge is 0.506 e. The first kappa shape index (κ1) is 13.5. The van der Waals surface area contributed by atoms with Gasteiger partial charge in [0.05, 0.1) is 10.6 Å². The number of rotatable bonds is 3. The Kier molecular flexibility index (Phi) is 3.65. The zero-order valence-corrected chi connectivity index (χ0v) is 10.7. The van der Waals surface area contributed by atoms with E-state index in [0.717, 1.165) is 0 Å². The van der Waals surface area contributed by atoms with E-state index in [4.69, 9.17) is 0 Å². The van der Waals surface area contributed by atoms with Gasteiger partial charge in [0.25, 0.3) is 11.6 Å². The third-order valence-electron chi connectivity index (χ3n) is 2.82. The Morgan fingerprint density at radius 3 is 2.55 bits per heavy atom. The highest BCUT2D eigenvalue weighted by Gasteiger charge is 2.22. The number of nitrogens with one attached hydrogen (secondary N) is 1. The summed E-state index contributed by atoms with van der Waals surface area (Å²) < 4.78 is 0. The first-order valence-corrected chi connectivity index (χ1v) is 5.84. The summed E-state index contributed by atoms with van der Waals surface area (Å²) in [7, 11) is 0. The predicted molar refractivity (Wildman–Crippen MR) is 73.9 cm³/mol. The second-order valence-corrected chi connectivity index (χ2v) is 4.20. The summed E-state index contributed by atoms with van der Waals surface area (Å²) in [6.45, 7) is 1.56. The average Bonchev–Trinajstić information content (AvgIpc) is 2.40. The van der Waals surface area contributed by atoms with E-state index in [9.17, 15) is 20.0 Å². The molecule has 6 heteroatoms. The summed E-state index contributed by atoms with van der Waals surface area (Å²) in [6.07, 6.45) is 0. The molecule has 2 rings (SSSR count). The fourth-order valence-corrected chi connectivity index (χ4v) is 1.85. The summed E-state index contributed by atoms with van der Waals surface area (Å²) in [5.74, 6) is -0.738. The maximum atomic E-state index is 12.1. The van der Waals surface area contributed by atoms with Crippen LogP contribution in [0.1, 0.15) is 15.9 Å². The molecule has 1 amide bonds. The van der Waals surface area contributed by atoms with Crippen LogP contribution in [0.15, 0.2) is 42.5 Å². The van der Waals surface area contributed by atoms with Crippen molar-refractivity contribution in [1.82, 2.24) is 0 Å². The Morgan fingerprint density at radius 1 is 1.20 bits per heavy atom. The number of hydrogen-bond donors (Lipinski definition) is 2. The lowest BCUT2D eigenvalue weighted by molar-refractivity contribution is -0.385. The van der Waals surface area contributed by atoms with Crippen molar-refractivity contribution in [2.24, 2.45) is 0 Å². The maximum absolute atomic E-state index is 12.1. The van der Waals surface area contributed by atoms with Crippen LogP contribution < -0.4 is 5.32 Å². The molecular weight excluding hydrogens is 260 g/mol. The van der Waals surface area contributed by atoms with Crippen LogP contribution >= 0.6 is 0 Å². The number of para-hydroxylation sites is 3. The highest BCUT2D eigenvalue weighted by Crippen LogP contribution is 2.26. The Hall–Kier alpha value is -2.89. The summed E-state index contributed by atoms with van der Waals surface area (Å²) in [5.41, 5.74) is 0.326. The second kappa shape index (κ2) is 5.40. The maximum Gasteiger partial charge on any atom is 0.285 e. The van der Waals surface area contributed by atoms with Crippen LogP contribution in [0.3, 0.4) is 0 Å². The predicted octanol–water partition coefficient (Wildman–Crippen LogP) is 2.86. The lowest BCUT2D eigenvalue weighted by Crippen LogP contribution is -2.14. The van der Waals surface area contributed by atoms with E-state index >= 15 is 0 Å². The van der Waals surface area contributed by atoms with Crippen LogP contribution in [0, 0.1) is 17.0 Å². The van der Waals surface area contributed by atoms with E-state index in [0.29, 0.717) is 5.56 Å². The van der Waals surface area contributed by atoms with Crippen LogP contribution in [0.25, 0.3) is 0 Å². The topological polar surface area (TPSA) is 92.5 Å². The van der Waals surface area contributed by atoms with Gasteiger partial charge in [0.1, 0.15) is 11.3 Å². The molecule has 0 unspecified atom stereocenters. The highest BCUT2D eigenvalue weighted by atomic mass is 16.6. The minimum Gasteiger partial charge on any atom is -0.506 e. The molecule has 0 aromatic heterocycles. The molecular formula is C14H12N2O4. The normalized spacial score (nSPS) is 10.1. The number of benzene rings is 2. The Labute approximate surface area is 114 Å². The van der Waals surface area contributed by atoms with Gasteiger partial charge in [-0.1, -0.05) is 24.3 Å². The molecule has 2 N–H and O–H groups in total. The number of carbonyl (C=O) groups excluding carboxylic acids is 1. The Balaban J connectivity index is 2.38. The second-order valence-electron chi connectivity index (χ2n) is 4.20. The number of carbonyl (C=O) groups is 1. The van der Waals surface area contributed by atoms with Crippen molar-refractivity contribution in [2.45, 2.75) is 6.92 Å². The quantitative estimate of drug-likeness (QED) is 0.510. The van der Waals surface area contributed by atoms with Gasteiger partial charge in [-0.15, -0.1) is 0 Å². The van der Waals surface area contributed by atoms with Crippen molar-refractivity contribution in [3.8, 4) is 5.75 Å². The van der Waals surface area contributed by atoms with Crippen LogP contribution in [-0.4, -0.2) is 15.9 Å². The van der Waals surface area contributed by atoms with E-state index < -0.39 is 10.8 Å². The molecule has 0 spiro atoms. The van der Waals surface area contributed by atoms with Gasteiger partial charge in [0.2, 0.25) is 0 Å². The number of anilines is 1. The summed E-state index contributed by atoms with van der Waals surface area (Å²) in [6, 6.07) is 10.7. The molecule has 2 aromatic carbocycles. The van der Waals surface area contributed by atoms with Gasteiger partial charge in [-0.25, -0.2) is 0 Å². The zero-order valence-electron chi connectivity index (χ0n) is 10.7. The molecule has 0 saturated heterocycles. The van der Waals surface area contributed by atoms with Gasteiger partial charge in [0.15, 0.2) is 0 Å². The number of phenolic OH excluding ortho intramolecular Hbond substituents is 1. The SMILES string of the molecule is Cc1cccc(C(=O)Nc2ccccc2O)c1[N+](=O)[O-]. The van der Waals surface area contributed by atoms with Gasteiger partial charge in [-0.3, -0.25) is 14.9 Å². The van der Waals surface area contributed by atoms with Gasteiger partial charge in [0, 0.05) is 5.56 Å². The third kappa shape index (κ3) is 2.59. The monoisotopic (exact) mass is 272 g/mol. The number of phenols is 1. The van der Waals surface area contributed by atoms with Crippen molar-refractivity contribution >= 4 is 17.3 Å². The van der Waals surface area contributed by atoms with E-state index in [1.54, 1.807) is 31.2 Å². The van der Waals surface area contributed by atoms with Crippen LogP contribution in [-0.2, 0) is 0 Å². The van der Waals surface area contributed by atoms with Crippen molar-refractivity contribution in [1.29, 1.82) is 0 Å². The van der Waals surface area contributed by atoms with Crippen molar-refractivity contribution in [3.63, 3.8) is 0 Å². The molecule has 0 fully saturated rings. The Morgan fingerprint density at radius 2 is 1.90 bits per heavy atom. The number of nitrogens with zero attached hydrogens (tertiary/aromatic N) is 1. The standard InChI is InChI=1S/C14H12N2O4/c1-9-5-4-6-10(13(9)16(19)20)14(18)15-11-7-2-3-8-12(11)17/h2-8,17H,1H3,(H,15,18). The van der Waals surface area contributed by atoms with Crippen LogP contribution in [0.4, 0.5) is 11.4 Å². The van der Waals surface area contributed by atoms with Gasteiger partial charge >= 0.3 is 0 Å². The minimum atomic E-state index is -0.637. The molecule has 0 heterocycles. The van der Waals surface area contributed by atoms with E-state index in [1.165, 1.54) is 18.2 Å². The molecule has 0 atom stereocenters. The van der Waals surface area contributed by atoms with E-state index in [2.05, 4.69) is 5.32 Å². The summed E-state index contributed by atoms with van der Waals surface area (Å²) >= 11 is 0. The molecule has 0 aliphatic heterocycles. The Bertz CT molecular complexity index is 683. The zero-order chi connectivity index (χ0) is 14.7. The molecule has 102 valence electrons. The summed E-state index contributed by atoms with van der Waals surface area (Å²) in [4.78, 5) is 22.6. The van der Waals surface area contributed by atoms with Gasteiger partial charge in [-0.2, -0.15) is 0 Å². The third-order valence-corrected chi connectivity index (χ3v) is 2.82. The van der Waals surface area contributed by atoms with E-state index in [-0.39, 0.29) is 22.7 Å². The van der Waals surface area contributed by atoms with Crippen molar-refractivity contribution in [2.75, 3.05) is 5.32 Å². The average molecular weight is 272 g/mol. The molecule has 0 aliphatic rings. The summed E-state index contributed by atoms with van der Waals surface area (Å²) in [5, 5.41) is 23.1. The molecule has 0 radical (unpaired) electrons. The molecule has 0 aliphatic carbocycles. The molecule has 6 nitrogen and oxygen atoms in total. The smallest absolute Gasteiger partial charge is 0.285 e. The molecule has 2 aromatic rings. The first-order valence-electron chi connectivity index (χ1n) is 5.84. The number of hydrogen-bond acceptors (Lipinski definition) is 4. The lowest BCUT2D eigenvalue weighted by Gasteiger charge is -2.08. The molecule has 0 bridgehead atoms. The minimum absolute atomic E-state index is 0.0433. The number of nitro benzene ring substituents is 1. The number of aromatic hydroxyl groups is 1. The number of amides is 1.